The summed E-state index contributed by atoms with van der Waals surface area (Å²) in [5, 5.41) is 3.56. The Kier molecular flexibility index (Phi) is 8.02. The summed E-state index contributed by atoms with van der Waals surface area (Å²) < 4.78 is 31.2. The average molecular weight is 306 g/mol. The van der Waals surface area contributed by atoms with Crippen LogP contribution in [-0.4, -0.2) is 57.9 Å². The van der Waals surface area contributed by atoms with E-state index >= 15 is 0 Å². The van der Waals surface area contributed by atoms with Crippen LogP contribution < -0.4 is 5.32 Å². The topological polar surface area (TPSA) is 58.6 Å². The maximum atomic E-state index is 12.3. The van der Waals surface area contributed by atoms with Crippen molar-refractivity contribution < 1.29 is 13.2 Å². The second-order valence-corrected chi connectivity index (χ2v) is 7.63. The van der Waals surface area contributed by atoms with Gasteiger partial charge >= 0.3 is 0 Å². The molecule has 1 aliphatic rings. The molecule has 0 amide bonds. The van der Waals surface area contributed by atoms with Gasteiger partial charge in [-0.15, -0.1) is 0 Å². The number of methoxy groups -OCH3 is 1. The van der Waals surface area contributed by atoms with Crippen LogP contribution in [0.25, 0.3) is 0 Å². The standard InChI is InChI=1S/C14H30N2O3S/c1-4-8-15-14-7-9-16(12-13(14)5-2)20(17,18)11-6-10-19-3/h13-15H,4-12H2,1-3H3. The lowest BCUT2D eigenvalue weighted by Gasteiger charge is -2.38. The Morgan fingerprint density at radius 3 is 2.70 bits per heavy atom. The van der Waals surface area contributed by atoms with Gasteiger partial charge in [-0.2, -0.15) is 0 Å². The first-order valence-electron chi connectivity index (χ1n) is 7.75. The summed E-state index contributed by atoms with van der Waals surface area (Å²) >= 11 is 0. The lowest BCUT2D eigenvalue weighted by atomic mass is 9.91. The molecule has 0 spiro atoms. The first kappa shape index (κ1) is 17.9. The van der Waals surface area contributed by atoms with Gasteiger partial charge in [-0.1, -0.05) is 20.3 Å². The normalized spacial score (nSPS) is 24.9. The molecule has 2 unspecified atom stereocenters. The van der Waals surface area contributed by atoms with Gasteiger partial charge in [0, 0.05) is 32.8 Å². The highest BCUT2D eigenvalue weighted by atomic mass is 32.2. The van der Waals surface area contributed by atoms with Gasteiger partial charge in [0.2, 0.25) is 10.0 Å². The van der Waals surface area contributed by atoms with Crippen LogP contribution >= 0.6 is 0 Å². The fourth-order valence-corrected chi connectivity index (χ4v) is 4.32. The van der Waals surface area contributed by atoms with Crippen molar-refractivity contribution in [3.8, 4) is 0 Å². The predicted octanol–water partition coefficient (Wildman–Crippen LogP) is 1.45. The Morgan fingerprint density at radius 1 is 1.35 bits per heavy atom. The minimum Gasteiger partial charge on any atom is -0.385 e. The second kappa shape index (κ2) is 8.97. The zero-order chi connectivity index (χ0) is 15.0. The van der Waals surface area contributed by atoms with Crippen LogP contribution in [0, 0.1) is 5.92 Å². The predicted molar refractivity (Wildman–Crippen MR) is 82.3 cm³/mol. The number of ether oxygens (including phenoxy) is 1. The smallest absolute Gasteiger partial charge is 0.214 e. The monoisotopic (exact) mass is 306 g/mol. The molecule has 5 nitrogen and oxygen atoms in total. The second-order valence-electron chi connectivity index (χ2n) is 5.54. The van der Waals surface area contributed by atoms with E-state index in [0.29, 0.717) is 38.1 Å². The molecule has 120 valence electrons. The molecule has 1 fully saturated rings. The molecule has 1 rings (SSSR count). The molecular weight excluding hydrogens is 276 g/mol. The van der Waals surface area contributed by atoms with Gasteiger partial charge in [-0.25, -0.2) is 12.7 Å². The lowest BCUT2D eigenvalue weighted by Crippen LogP contribution is -2.51. The molecule has 0 radical (unpaired) electrons. The minimum atomic E-state index is -3.12. The Morgan fingerprint density at radius 2 is 2.10 bits per heavy atom. The number of rotatable bonds is 9. The molecule has 0 aromatic heterocycles. The van der Waals surface area contributed by atoms with Crippen molar-refractivity contribution in [2.24, 2.45) is 5.92 Å². The maximum Gasteiger partial charge on any atom is 0.214 e. The van der Waals surface area contributed by atoms with Gasteiger partial charge in [0.15, 0.2) is 0 Å². The zero-order valence-corrected chi connectivity index (χ0v) is 13.9. The van der Waals surface area contributed by atoms with Crippen molar-refractivity contribution in [3.63, 3.8) is 0 Å². The number of hydrogen-bond donors (Lipinski definition) is 1. The third-order valence-electron chi connectivity index (χ3n) is 4.02. The summed E-state index contributed by atoms with van der Waals surface area (Å²) in [6.07, 6.45) is 3.63. The number of hydrogen-bond acceptors (Lipinski definition) is 4. The Labute approximate surface area is 124 Å². The van der Waals surface area contributed by atoms with Crippen LogP contribution in [0.3, 0.4) is 0 Å². The van der Waals surface area contributed by atoms with E-state index in [1.807, 2.05) is 0 Å². The molecule has 1 aliphatic heterocycles. The molecule has 1 heterocycles. The van der Waals surface area contributed by atoms with Crippen molar-refractivity contribution in [2.75, 3.05) is 39.1 Å². The summed E-state index contributed by atoms with van der Waals surface area (Å²) in [6.45, 7) is 7.13. The van der Waals surface area contributed by atoms with Crippen LogP contribution in [0.5, 0.6) is 0 Å². The summed E-state index contributed by atoms with van der Waals surface area (Å²) in [6, 6.07) is 0.463. The number of piperidine rings is 1. The van der Waals surface area contributed by atoms with Crippen molar-refractivity contribution in [1.82, 2.24) is 9.62 Å². The maximum absolute atomic E-state index is 12.3. The fourth-order valence-electron chi connectivity index (χ4n) is 2.78. The van der Waals surface area contributed by atoms with Crippen LogP contribution in [0.4, 0.5) is 0 Å². The lowest BCUT2D eigenvalue weighted by molar-refractivity contribution is 0.193. The van der Waals surface area contributed by atoms with E-state index in [1.165, 1.54) is 0 Å². The van der Waals surface area contributed by atoms with E-state index in [9.17, 15) is 8.42 Å². The highest BCUT2D eigenvalue weighted by molar-refractivity contribution is 7.89. The third-order valence-corrected chi connectivity index (χ3v) is 5.94. The number of nitrogens with one attached hydrogen (secondary N) is 1. The van der Waals surface area contributed by atoms with E-state index < -0.39 is 10.0 Å². The quantitative estimate of drug-likeness (QED) is 0.655. The first-order valence-corrected chi connectivity index (χ1v) is 9.36. The minimum absolute atomic E-state index is 0.199. The SMILES string of the molecule is CCCNC1CCN(S(=O)(=O)CCCOC)CC1CC. The van der Waals surface area contributed by atoms with Gasteiger partial charge < -0.3 is 10.1 Å². The summed E-state index contributed by atoms with van der Waals surface area (Å²) in [5.41, 5.74) is 0. The van der Waals surface area contributed by atoms with Crippen LogP contribution in [0.2, 0.25) is 0 Å². The van der Waals surface area contributed by atoms with Crippen molar-refractivity contribution >= 4 is 10.0 Å². The largest absolute Gasteiger partial charge is 0.385 e. The van der Waals surface area contributed by atoms with Gasteiger partial charge in [0.05, 0.1) is 5.75 Å². The molecule has 0 aliphatic carbocycles. The van der Waals surface area contributed by atoms with E-state index in [4.69, 9.17) is 4.74 Å². The van der Waals surface area contributed by atoms with Crippen molar-refractivity contribution in [1.29, 1.82) is 0 Å². The molecule has 1 N–H and O–H groups in total. The van der Waals surface area contributed by atoms with Gasteiger partial charge in [0.1, 0.15) is 0 Å². The van der Waals surface area contributed by atoms with E-state index in [0.717, 1.165) is 25.8 Å². The average Bonchev–Trinajstić information content (AvgIpc) is 2.45. The molecule has 1 saturated heterocycles. The molecular formula is C14H30N2O3S. The van der Waals surface area contributed by atoms with E-state index in [-0.39, 0.29) is 5.75 Å². The number of sulfonamides is 1. The summed E-state index contributed by atoms with van der Waals surface area (Å²) in [5.74, 6) is 0.622. The first-order chi connectivity index (χ1) is 9.55. The van der Waals surface area contributed by atoms with Crippen molar-refractivity contribution in [3.05, 3.63) is 0 Å². The molecule has 0 bridgehead atoms. The Balaban J connectivity index is 2.54. The van der Waals surface area contributed by atoms with Crippen molar-refractivity contribution in [2.45, 2.75) is 45.6 Å². The molecule has 0 saturated carbocycles. The highest BCUT2D eigenvalue weighted by Crippen LogP contribution is 2.23. The molecule has 0 aromatic carbocycles. The molecule has 2 atom stereocenters. The van der Waals surface area contributed by atoms with E-state index in [2.05, 4.69) is 19.2 Å². The van der Waals surface area contributed by atoms with Crippen LogP contribution in [0.1, 0.15) is 39.5 Å². The van der Waals surface area contributed by atoms with Crippen LogP contribution in [0.15, 0.2) is 0 Å². The van der Waals surface area contributed by atoms with E-state index in [1.54, 1.807) is 11.4 Å². The summed E-state index contributed by atoms with van der Waals surface area (Å²) in [7, 11) is -1.52. The third kappa shape index (κ3) is 5.31. The Bertz CT molecular complexity index is 359. The summed E-state index contributed by atoms with van der Waals surface area (Å²) in [4.78, 5) is 0. The molecule has 6 heteroatoms. The molecule has 20 heavy (non-hydrogen) atoms. The zero-order valence-electron chi connectivity index (χ0n) is 13.1. The Hall–Kier alpha value is -0.170. The van der Waals surface area contributed by atoms with Gasteiger partial charge in [-0.05, 0) is 31.7 Å². The fraction of sp³-hybridized carbons (Fsp3) is 1.00. The van der Waals surface area contributed by atoms with Crippen LogP contribution in [-0.2, 0) is 14.8 Å². The highest BCUT2D eigenvalue weighted by Gasteiger charge is 2.33. The number of nitrogens with zero attached hydrogens (tertiary/aromatic N) is 1. The molecule has 0 aromatic rings. The van der Waals surface area contributed by atoms with Gasteiger partial charge in [0.25, 0.3) is 0 Å². The van der Waals surface area contributed by atoms with Gasteiger partial charge in [-0.3, -0.25) is 0 Å².